The second kappa shape index (κ2) is 7.79. The van der Waals surface area contributed by atoms with E-state index in [0.29, 0.717) is 19.6 Å². The Balaban J connectivity index is 2.62. The maximum absolute atomic E-state index is 12.2. The Morgan fingerprint density at radius 1 is 1.32 bits per heavy atom. The molecular weight excluding hydrogens is 240 g/mol. The van der Waals surface area contributed by atoms with Gasteiger partial charge < -0.3 is 15.4 Å². The van der Waals surface area contributed by atoms with Crippen LogP contribution in [0.3, 0.4) is 0 Å². The Morgan fingerprint density at radius 2 is 1.95 bits per heavy atom. The molecule has 1 aromatic carbocycles. The van der Waals surface area contributed by atoms with E-state index in [4.69, 9.17) is 10.5 Å². The zero-order valence-corrected chi connectivity index (χ0v) is 12.1. The van der Waals surface area contributed by atoms with E-state index in [-0.39, 0.29) is 11.9 Å². The van der Waals surface area contributed by atoms with E-state index in [1.807, 2.05) is 43.0 Å². The first-order valence-corrected chi connectivity index (χ1v) is 6.67. The van der Waals surface area contributed by atoms with Crippen LogP contribution in [0, 0.1) is 0 Å². The van der Waals surface area contributed by atoms with Crippen LogP contribution in [0.25, 0.3) is 0 Å². The number of methoxy groups -OCH3 is 1. The summed E-state index contributed by atoms with van der Waals surface area (Å²) in [5, 5.41) is 0. The summed E-state index contributed by atoms with van der Waals surface area (Å²) in [5.74, 6) is 0.170. The minimum absolute atomic E-state index is 0.170. The highest BCUT2D eigenvalue weighted by molar-refractivity contribution is 5.76. The highest BCUT2D eigenvalue weighted by Gasteiger charge is 2.16. The molecular formula is C15H24N2O2. The Bertz CT molecular complexity index is 388. The van der Waals surface area contributed by atoms with Gasteiger partial charge in [-0.15, -0.1) is 0 Å². The quantitative estimate of drug-likeness (QED) is 0.608. The van der Waals surface area contributed by atoms with Gasteiger partial charge in [-0.2, -0.15) is 0 Å². The highest BCUT2D eigenvalue weighted by atomic mass is 16.5. The summed E-state index contributed by atoms with van der Waals surface area (Å²) in [4.78, 5) is 14.1. The molecule has 0 atom stereocenters. The molecule has 0 aliphatic carbocycles. The fourth-order valence-corrected chi connectivity index (χ4v) is 1.89. The normalized spacial score (nSPS) is 10.7. The van der Waals surface area contributed by atoms with Crippen LogP contribution in [0.2, 0.25) is 0 Å². The maximum atomic E-state index is 12.2. The van der Waals surface area contributed by atoms with Gasteiger partial charge in [0.1, 0.15) is 0 Å². The summed E-state index contributed by atoms with van der Waals surface area (Å²) in [7, 11) is 1.65. The molecule has 0 radical (unpaired) electrons. The van der Waals surface area contributed by atoms with E-state index in [2.05, 4.69) is 0 Å². The molecule has 106 valence electrons. The number of rotatable bonds is 7. The molecule has 0 saturated heterocycles. The van der Waals surface area contributed by atoms with E-state index in [9.17, 15) is 4.79 Å². The molecule has 4 nitrogen and oxygen atoms in total. The first kappa shape index (κ1) is 15.5. The van der Waals surface area contributed by atoms with Crippen LogP contribution < -0.4 is 5.73 Å². The molecule has 0 fully saturated rings. The number of hydrogen-bond donors (Lipinski definition) is 1. The van der Waals surface area contributed by atoms with Crippen molar-refractivity contribution in [3.05, 3.63) is 29.8 Å². The van der Waals surface area contributed by atoms with Crippen molar-refractivity contribution in [2.75, 3.05) is 19.5 Å². The van der Waals surface area contributed by atoms with Gasteiger partial charge in [-0.3, -0.25) is 4.79 Å². The van der Waals surface area contributed by atoms with Gasteiger partial charge in [0, 0.05) is 38.4 Å². The number of nitrogen functional groups attached to an aromatic ring is 1. The van der Waals surface area contributed by atoms with Crippen molar-refractivity contribution in [1.82, 2.24) is 4.90 Å². The van der Waals surface area contributed by atoms with Gasteiger partial charge in [0.2, 0.25) is 5.91 Å². The molecule has 0 saturated carbocycles. The molecule has 0 bridgehead atoms. The van der Waals surface area contributed by atoms with Gasteiger partial charge in [0.05, 0.1) is 0 Å². The van der Waals surface area contributed by atoms with Gasteiger partial charge in [0.15, 0.2) is 0 Å². The summed E-state index contributed by atoms with van der Waals surface area (Å²) in [6.07, 6.45) is 1.29. The molecule has 0 aliphatic heterocycles. The number of hydrogen-bond acceptors (Lipinski definition) is 3. The van der Waals surface area contributed by atoms with Crippen molar-refractivity contribution in [3.8, 4) is 0 Å². The lowest BCUT2D eigenvalue weighted by Gasteiger charge is -2.27. The smallest absolute Gasteiger partial charge is 0.223 e. The number of anilines is 1. The number of carbonyl (C=O) groups excluding carboxylic acids is 1. The molecule has 0 aliphatic rings. The van der Waals surface area contributed by atoms with Gasteiger partial charge in [0.25, 0.3) is 0 Å². The molecule has 0 spiro atoms. The zero-order valence-electron chi connectivity index (χ0n) is 12.1. The first-order valence-electron chi connectivity index (χ1n) is 6.67. The Hall–Kier alpha value is -1.55. The van der Waals surface area contributed by atoms with Crippen LogP contribution in [0.1, 0.15) is 32.3 Å². The van der Waals surface area contributed by atoms with Crippen molar-refractivity contribution >= 4 is 11.6 Å². The van der Waals surface area contributed by atoms with Gasteiger partial charge >= 0.3 is 0 Å². The van der Waals surface area contributed by atoms with Crippen molar-refractivity contribution < 1.29 is 9.53 Å². The van der Waals surface area contributed by atoms with E-state index >= 15 is 0 Å². The van der Waals surface area contributed by atoms with Crippen LogP contribution >= 0.6 is 0 Å². The predicted octanol–water partition coefficient (Wildman–Crippen LogP) is 2.43. The van der Waals surface area contributed by atoms with Crippen molar-refractivity contribution in [3.63, 3.8) is 0 Å². The lowest BCUT2D eigenvalue weighted by atomic mass is 10.1. The summed E-state index contributed by atoms with van der Waals surface area (Å²) in [6, 6.07) is 7.85. The lowest BCUT2D eigenvalue weighted by molar-refractivity contribution is -0.133. The third kappa shape index (κ3) is 5.30. The number of amides is 1. The highest BCUT2D eigenvalue weighted by Crippen LogP contribution is 2.12. The van der Waals surface area contributed by atoms with Crippen molar-refractivity contribution in [2.24, 2.45) is 0 Å². The lowest BCUT2D eigenvalue weighted by Crippen LogP contribution is -2.36. The SMILES string of the molecule is COCCCC(=O)N(Cc1ccc(N)cc1)C(C)C. The van der Waals surface area contributed by atoms with Crippen molar-refractivity contribution in [2.45, 2.75) is 39.3 Å². The molecule has 19 heavy (non-hydrogen) atoms. The average molecular weight is 264 g/mol. The molecule has 0 aromatic heterocycles. The van der Waals surface area contributed by atoms with Crippen LogP contribution in [-0.4, -0.2) is 30.6 Å². The van der Waals surface area contributed by atoms with E-state index in [0.717, 1.165) is 17.7 Å². The van der Waals surface area contributed by atoms with Crippen LogP contribution in [-0.2, 0) is 16.1 Å². The molecule has 1 rings (SSSR count). The second-order valence-corrected chi connectivity index (χ2v) is 4.95. The standard InChI is InChI=1S/C15H24N2O2/c1-12(2)17(15(18)5-4-10-19-3)11-13-6-8-14(16)9-7-13/h6-9,12H,4-5,10-11,16H2,1-3H3. The van der Waals surface area contributed by atoms with Crippen molar-refractivity contribution in [1.29, 1.82) is 0 Å². The molecule has 1 amide bonds. The van der Waals surface area contributed by atoms with E-state index in [1.54, 1.807) is 7.11 Å². The van der Waals surface area contributed by atoms with Gasteiger partial charge in [-0.05, 0) is 38.0 Å². The molecule has 1 aromatic rings. The second-order valence-electron chi connectivity index (χ2n) is 4.95. The Kier molecular flexibility index (Phi) is 6.36. The van der Waals surface area contributed by atoms with Crippen LogP contribution in [0.4, 0.5) is 5.69 Å². The van der Waals surface area contributed by atoms with E-state index in [1.165, 1.54) is 0 Å². The minimum atomic E-state index is 0.170. The van der Waals surface area contributed by atoms with Gasteiger partial charge in [-0.1, -0.05) is 12.1 Å². The largest absolute Gasteiger partial charge is 0.399 e. The number of ether oxygens (including phenoxy) is 1. The number of benzene rings is 1. The fraction of sp³-hybridized carbons (Fsp3) is 0.533. The monoisotopic (exact) mass is 264 g/mol. The molecule has 0 unspecified atom stereocenters. The van der Waals surface area contributed by atoms with E-state index < -0.39 is 0 Å². The number of nitrogens with zero attached hydrogens (tertiary/aromatic N) is 1. The summed E-state index contributed by atoms with van der Waals surface area (Å²) in [6.45, 7) is 5.32. The van der Waals surface area contributed by atoms with Gasteiger partial charge in [-0.25, -0.2) is 0 Å². The Morgan fingerprint density at radius 3 is 2.47 bits per heavy atom. The third-order valence-corrected chi connectivity index (χ3v) is 3.02. The number of nitrogens with two attached hydrogens (primary N) is 1. The summed E-state index contributed by atoms with van der Waals surface area (Å²) in [5.41, 5.74) is 7.51. The first-order chi connectivity index (χ1) is 9.04. The van der Waals surface area contributed by atoms with Crippen LogP contribution in [0.15, 0.2) is 24.3 Å². The predicted molar refractivity (Wildman–Crippen MR) is 77.7 cm³/mol. The minimum Gasteiger partial charge on any atom is -0.399 e. The Labute approximate surface area is 115 Å². The summed E-state index contributed by atoms with van der Waals surface area (Å²) < 4.78 is 4.98. The fourth-order valence-electron chi connectivity index (χ4n) is 1.89. The molecule has 4 heteroatoms. The molecule has 0 heterocycles. The zero-order chi connectivity index (χ0) is 14.3. The van der Waals surface area contributed by atoms with Crippen LogP contribution in [0.5, 0.6) is 0 Å². The molecule has 2 N–H and O–H groups in total. The third-order valence-electron chi connectivity index (χ3n) is 3.02. The maximum Gasteiger partial charge on any atom is 0.223 e. The number of carbonyl (C=O) groups is 1. The topological polar surface area (TPSA) is 55.6 Å². The average Bonchev–Trinajstić information content (AvgIpc) is 2.37. The summed E-state index contributed by atoms with van der Waals surface area (Å²) >= 11 is 0.